The number of hydrogen-bond acceptors (Lipinski definition) is 3. The van der Waals surface area contributed by atoms with E-state index in [4.69, 9.17) is 10.9 Å². The molecule has 3 N–H and O–H groups in total. The quantitative estimate of drug-likeness (QED) is 0.373. The minimum atomic E-state index is -0.226. The van der Waals surface area contributed by atoms with E-state index in [-0.39, 0.29) is 11.7 Å². The van der Waals surface area contributed by atoms with E-state index in [9.17, 15) is 4.39 Å². The fraction of sp³-hybridized carbons (Fsp3) is 0.500. The molecule has 0 unspecified atom stereocenters. The summed E-state index contributed by atoms with van der Waals surface area (Å²) in [5.74, 6) is -0.0667. The maximum atomic E-state index is 13.9. The predicted molar refractivity (Wildman–Crippen MR) is 80.2 cm³/mol. The number of rotatable bonds is 5. The minimum Gasteiger partial charge on any atom is -0.409 e. The lowest BCUT2D eigenvalue weighted by molar-refractivity contribution is 0.211. The van der Waals surface area contributed by atoms with Crippen LogP contribution < -0.4 is 5.73 Å². The molecule has 0 atom stereocenters. The van der Waals surface area contributed by atoms with Crippen LogP contribution in [0, 0.1) is 5.82 Å². The van der Waals surface area contributed by atoms with E-state index in [2.05, 4.69) is 26.0 Å². The summed E-state index contributed by atoms with van der Waals surface area (Å²) in [5.41, 5.74) is 6.24. The van der Waals surface area contributed by atoms with Gasteiger partial charge in [0.25, 0.3) is 0 Å². The van der Waals surface area contributed by atoms with Gasteiger partial charge in [-0.05, 0) is 31.0 Å². The first kappa shape index (κ1) is 15.3. The SMILES string of the molecule is NC(CN(Cc1cc(Br)ccc1F)C1CCCC1)=NO. The maximum Gasteiger partial charge on any atom is 0.153 e. The largest absolute Gasteiger partial charge is 0.409 e. The Labute approximate surface area is 126 Å². The highest BCUT2D eigenvalue weighted by molar-refractivity contribution is 9.10. The summed E-state index contributed by atoms with van der Waals surface area (Å²) in [5, 5.41) is 11.8. The van der Waals surface area contributed by atoms with Crippen LogP contribution in [-0.2, 0) is 6.54 Å². The first-order valence-corrected chi connectivity index (χ1v) is 7.54. The molecule has 0 radical (unpaired) electrons. The van der Waals surface area contributed by atoms with E-state index < -0.39 is 0 Å². The van der Waals surface area contributed by atoms with Gasteiger partial charge in [0.1, 0.15) is 5.82 Å². The molecule has 0 aromatic heterocycles. The molecule has 2 rings (SSSR count). The van der Waals surface area contributed by atoms with Gasteiger partial charge in [-0.15, -0.1) is 0 Å². The summed E-state index contributed by atoms with van der Waals surface area (Å²) in [6.07, 6.45) is 4.51. The predicted octanol–water partition coefficient (Wildman–Crippen LogP) is 3.08. The first-order chi connectivity index (χ1) is 9.60. The summed E-state index contributed by atoms with van der Waals surface area (Å²) < 4.78 is 14.7. The summed E-state index contributed by atoms with van der Waals surface area (Å²) >= 11 is 3.36. The van der Waals surface area contributed by atoms with Crippen LogP contribution in [0.5, 0.6) is 0 Å². The molecular formula is C14H19BrFN3O. The van der Waals surface area contributed by atoms with Crippen LogP contribution in [0.2, 0.25) is 0 Å². The molecule has 0 bridgehead atoms. The monoisotopic (exact) mass is 343 g/mol. The van der Waals surface area contributed by atoms with Crippen molar-refractivity contribution >= 4 is 21.8 Å². The Morgan fingerprint density at radius 3 is 2.80 bits per heavy atom. The molecule has 1 aliphatic rings. The maximum absolute atomic E-state index is 13.9. The fourth-order valence-electron chi connectivity index (χ4n) is 2.71. The number of hydrogen-bond donors (Lipinski definition) is 2. The van der Waals surface area contributed by atoms with Crippen LogP contribution in [-0.4, -0.2) is 28.5 Å². The van der Waals surface area contributed by atoms with E-state index in [1.165, 1.54) is 18.9 Å². The van der Waals surface area contributed by atoms with Gasteiger partial charge < -0.3 is 10.9 Å². The first-order valence-electron chi connectivity index (χ1n) is 6.74. The Balaban J connectivity index is 2.15. The highest BCUT2D eigenvalue weighted by Gasteiger charge is 2.24. The third-order valence-corrected chi connectivity index (χ3v) is 4.21. The van der Waals surface area contributed by atoms with E-state index in [1.807, 2.05) is 0 Å². The van der Waals surface area contributed by atoms with Crippen molar-refractivity contribution in [2.24, 2.45) is 10.9 Å². The Hall–Kier alpha value is -1.14. The zero-order valence-corrected chi connectivity index (χ0v) is 12.8. The van der Waals surface area contributed by atoms with Crippen molar-refractivity contribution in [2.75, 3.05) is 6.54 Å². The molecule has 0 saturated heterocycles. The number of amidine groups is 1. The Morgan fingerprint density at radius 1 is 1.45 bits per heavy atom. The topological polar surface area (TPSA) is 61.8 Å². The van der Waals surface area contributed by atoms with Gasteiger partial charge >= 0.3 is 0 Å². The van der Waals surface area contributed by atoms with E-state index >= 15 is 0 Å². The lowest BCUT2D eigenvalue weighted by Crippen LogP contribution is -2.39. The van der Waals surface area contributed by atoms with E-state index in [1.54, 1.807) is 12.1 Å². The molecule has 110 valence electrons. The van der Waals surface area contributed by atoms with Gasteiger partial charge in [0.2, 0.25) is 0 Å². The van der Waals surface area contributed by atoms with Gasteiger partial charge in [-0.3, -0.25) is 4.90 Å². The fourth-order valence-corrected chi connectivity index (χ4v) is 3.11. The standard InChI is InChI=1S/C14H19BrFN3O/c15-11-5-6-13(16)10(7-11)8-19(9-14(17)18-20)12-3-1-2-4-12/h5-7,12,20H,1-4,8-9H2,(H2,17,18). The van der Waals surface area contributed by atoms with Gasteiger partial charge in [0.15, 0.2) is 5.84 Å². The Kier molecular flexibility index (Phi) is 5.37. The van der Waals surface area contributed by atoms with Crippen molar-refractivity contribution in [1.29, 1.82) is 0 Å². The summed E-state index contributed by atoms with van der Waals surface area (Å²) in [6, 6.07) is 5.29. The summed E-state index contributed by atoms with van der Waals surface area (Å²) in [4.78, 5) is 2.09. The number of nitrogens with two attached hydrogens (primary N) is 1. The number of nitrogens with zero attached hydrogens (tertiary/aromatic N) is 2. The second kappa shape index (κ2) is 7.04. The second-order valence-corrected chi connectivity index (χ2v) is 6.09. The second-order valence-electron chi connectivity index (χ2n) is 5.17. The highest BCUT2D eigenvalue weighted by Crippen LogP contribution is 2.26. The molecule has 0 amide bonds. The third-order valence-electron chi connectivity index (χ3n) is 3.72. The molecule has 6 heteroatoms. The molecule has 1 saturated carbocycles. The number of oxime groups is 1. The van der Waals surface area contributed by atoms with Gasteiger partial charge in [0.05, 0.1) is 6.54 Å². The van der Waals surface area contributed by atoms with Crippen LogP contribution in [0.25, 0.3) is 0 Å². The lowest BCUT2D eigenvalue weighted by Gasteiger charge is -2.28. The van der Waals surface area contributed by atoms with Crippen molar-refractivity contribution in [3.63, 3.8) is 0 Å². The summed E-state index contributed by atoms with van der Waals surface area (Å²) in [7, 11) is 0. The van der Waals surface area contributed by atoms with Crippen molar-refractivity contribution in [1.82, 2.24) is 4.90 Å². The number of halogens is 2. The van der Waals surface area contributed by atoms with Crippen molar-refractivity contribution in [2.45, 2.75) is 38.3 Å². The summed E-state index contributed by atoms with van der Waals surface area (Å²) in [6.45, 7) is 0.819. The van der Waals surface area contributed by atoms with Gasteiger partial charge in [-0.1, -0.05) is 33.9 Å². The van der Waals surface area contributed by atoms with Crippen LogP contribution in [0.1, 0.15) is 31.2 Å². The number of benzene rings is 1. The molecule has 1 aliphatic carbocycles. The highest BCUT2D eigenvalue weighted by atomic mass is 79.9. The van der Waals surface area contributed by atoms with Crippen LogP contribution in [0.15, 0.2) is 27.8 Å². The van der Waals surface area contributed by atoms with Gasteiger partial charge in [0, 0.05) is 22.6 Å². The smallest absolute Gasteiger partial charge is 0.153 e. The van der Waals surface area contributed by atoms with E-state index in [0.717, 1.165) is 17.3 Å². The zero-order chi connectivity index (χ0) is 14.5. The lowest BCUT2D eigenvalue weighted by atomic mass is 10.1. The molecule has 1 aromatic rings. The van der Waals surface area contributed by atoms with Gasteiger partial charge in [-0.25, -0.2) is 4.39 Å². The van der Waals surface area contributed by atoms with Crippen molar-refractivity contribution in [3.8, 4) is 0 Å². The van der Waals surface area contributed by atoms with Crippen LogP contribution >= 0.6 is 15.9 Å². The third kappa shape index (κ3) is 3.93. The zero-order valence-electron chi connectivity index (χ0n) is 11.2. The average molecular weight is 344 g/mol. The Morgan fingerprint density at radius 2 is 2.15 bits per heavy atom. The molecule has 4 nitrogen and oxygen atoms in total. The molecule has 1 fully saturated rings. The van der Waals surface area contributed by atoms with Crippen molar-refractivity contribution < 1.29 is 9.60 Å². The molecule has 0 heterocycles. The molecular weight excluding hydrogens is 325 g/mol. The van der Waals surface area contributed by atoms with Crippen LogP contribution in [0.3, 0.4) is 0 Å². The molecule has 20 heavy (non-hydrogen) atoms. The molecule has 1 aromatic carbocycles. The van der Waals surface area contributed by atoms with Crippen LogP contribution in [0.4, 0.5) is 4.39 Å². The minimum absolute atomic E-state index is 0.160. The normalized spacial score (nSPS) is 17.1. The Bertz CT molecular complexity index is 489. The van der Waals surface area contributed by atoms with E-state index in [0.29, 0.717) is 24.7 Å². The molecule has 0 aliphatic heterocycles. The van der Waals surface area contributed by atoms with Crippen molar-refractivity contribution in [3.05, 3.63) is 34.1 Å². The molecule has 0 spiro atoms. The average Bonchev–Trinajstić information content (AvgIpc) is 2.96. The van der Waals surface area contributed by atoms with Gasteiger partial charge in [-0.2, -0.15) is 0 Å².